The summed E-state index contributed by atoms with van der Waals surface area (Å²) in [6, 6.07) is 17.7. The van der Waals surface area contributed by atoms with E-state index >= 15 is 0 Å². The van der Waals surface area contributed by atoms with Gasteiger partial charge in [-0.1, -0.05) is 0 Å². The predicted octanol–water partition coefficient (Wildman–Crippen LogP) is -0.278. The Bertz CT molecular complexity index is 983. The van der Waals surface area contributed by atoms with Gasteiger partial charge in [-0.05, 0) is 0 Å². The molecule has 0 nitrogen and oxygen atoms in total. The zero-order valence-electron chi connectivity index (χ0n) is 14.8. The van der Waals surface area contributed by atoms with E-state index in [1.165, 1.54) is 22.3 Å². The molecular formula is C24H19Cl2Hf. The Morgan fingerprint density at radius 3 is 2.07 bits per heavy atom. The van der Waals surface area contributed by atoms with E-state index in [-0.39, 0.29) is 28.0 Å². The van der Waals surface area contributed by atoms with Gasteiger partial charge in [0, 0.05) is 0 Å². The zero-order chi connectivity index (χ0) is 16.9. The first-order valence-corrected chi connectivity index (χ1v) is 10.7. The molecule has 0 heterocycles. The van der Waals surface area contributed by atoms with E-state index in [0.29, 0.717) is 5.92 Å². The summed E-state index contributed by atoms with van der Waals surface area (Å²) < 4.78 is 0.196. The average molecular weight is 557 g/mol. The molecule has 0 saturated heterocycles. The van der Waals surface area contributed by atoms with Crippen LogP contribution in [0.2, 0.25) is 3.17 Å². The van der Waals surface area contributed by atoms with Crippen LogP contribution in [0.4, 0.5) is 0 Å². The maximum atomic E-state index is 2.48. The minimum absolute atomic E-state index is 0. The van der Waals surface area contributed by atoms with Gasteiger partial charge in [-0.25, -0.2) is 0 Å². The average Bonchev–Trinajstić information content (AvgIpc) is 3.26. The molecule has 27 heavy (non-hydrogen) atoms. The van der Waals surface area contributed by atoms with Gasteiger partial charge in [0.1, 0.15) is 0 Å². The summed E-state index contributed by atoms with van der Waals surface area (Å²) in [7, 11) is 0. The molecule has 5 rings (SSSR count). The molecule has 0 spiro atoms. The summed E-state index contributed by atoms with van der Waals surface area (Å²) in [6.45, 7) is 0. The number of rotatable bonds is 2. The van der Waals surface area contributed by atoms with Crippen molar-refractivity contribution in [3.63, 3.8) is 0 Å². The fourth-order valence-corrected chi connectivity index (χ4v) is 6.35. The molecule has 3 aliphatic rings. The fourth-order valence-electron chi connectivity index (χ4n) is 4.41. The van der Waals surface area contributed by atoms with Gasteiger partial charge in [0.2, 0.25) is 0 Å². The number of halogens is 2. The summed E-state index contributed by atoms with van der Waals surface area (Å²) >= 11 is 1.13. The normalized spacial score (nSPS) is 24.3. The molecule has 3 heteroatoms. The Hall–Kier alpha value is -1.15. The van der Waals surface area contributed by atoms with Crippen LogP contribution in [-0.4, -0.2) is 0 Å². The standard InChI is InChI=1S/C24H19.2ClH.Hf/c1-2-8-18-14-21(13-17(18)7-1)23-11-5-6-12-24(23)22-15-19-9-3-4-10-20(19)16-22;;;/h1-13,15,23H,14,16H2;2*1H;/q;;;+2/p-2. The van der Waals surface area contributed by atoms with Gasteiger partial charge in [-0.2, -0.15) is 0 Å². The van der Waals surface area contributed by atoms with E-state index < -0.39 is 0 Å². The quantitative estimate of drug-likeness (QED) is 0.447. The number of allylic oxidation sites excluding steroid dienone is 6. The van der Waals surface area contributed by atoms with Crippen LogP contribution >= 0.6 is 0 Å². The second kappa shape index (κ2) is 8.07. The number of benzene rings is 2. The third-order valence-corrected chi connectivity index (χ3v) is 8.62. The molecule has 0 aromatic heterocycles. The molecule has 2 aromatic rings. The van der Waals surface area contributed by atoms with E-state index in [1.54, 1.807) is 11.1 Å². The van der Waals surface area contributed by atoms with E-state index in [9.17, 15) is 0 Å². The second-order valence-corrected chi connectivity index (χ2v) is 10.2. The molecule has 0 bridgehead atoms. The molecule has 2 unspecified atom stereocenters. The predicted molar refractivity (Wildman–Crippen MR) is 101 cm³/mol. The Morgan fingerprint density at radius 1 is 0.778 bits per heavy atom. The van der Waals surface area contributed by atoms with E-state index in [0.717, 1.165) is 37.2 Å². The molecular weight excluding hydrogens is 538 g/mol. The molecule has 3 aliphatic carbocycles. The van der Waals surface area contributed by atoms with Gasteiger partial charge < -0.3 is 24.8 Å². The van der Waals surface area contributed by atoms with E-state index in [2.05, 4.69) is 85.0 Å². The summed E-state index contributed by atoms with van der Waals surface area (Å²) in [4.78, 5) is 0. The van der Waals surface area contributed by atoms with Crippen LogP contribution in [0.5, 0.6) is 0 Å². The number of hydrogen-bond donors (Lipinski definition) is 0. The molecule has 0 fully saturated rings. The van der Waals surface area contributed by atoms with Crippen LogP contribution in [0.3, 0.4) is 0 Å². The van der Waals surface area contributed by atoms with Crippen molar-refractivity contribution >= 4 is 12.2 Å². The molecule has 2 aromatic carbocycles. The Balaban J connectivity index is 0.00000105. The van der Waals surface area contributed by atoms with Crippen LogP contribution in [0.15, 0.2) is 84.0 Å². The van der Waals surface area contributed by atoms with Gasteiger partial charge in [-0.3, -0.25) is 0 Å². The molecule has 0 radical (unpaired) electrons. The van der Waals surface area contributed by atoms with Gasteiger partial charge in [-0.15, -0.1) is 0 Å². The third-order valence-electron chi connectivity index (χ3n) is 5.75. The third kappa shape index (κ3) is 3.50. The van der Waals surface area contributed by atoms with Crippen molar-refractivity contribution in [2.24, 2.45) is 5.92 Å². The zero-order valence-corrected chi connectivity index (χ0v) is 19.9. The van der Waals surface area contributed by atoms with Crippen molar-refractivity contribution in [2.45, 2.75) is 16.0 Å². The van der Waals surface area contributed by atoms with Crippen molar-refractivity contribution < 1.29 is 49.2 Å². The van der Waals surface area contributed by atoms with Crippen LogP contribution in [0, 0.1) is 5.92 Å². The number of fused-ring (bicyclic) bond motifs is 2. The van der Waals surface area contributed by atoms with Gasteiger partial charge in [0.15, 0.2) is 0 Å². The second-order valence-electron chi connectivity index (χ2n) is 7.23. The van der Waals surface area contributed by atoms with Crippen LogP contribution < -0.4 is 24.8 Å². The molecule has 2 atom stereocenters. The van der Waals surface area contributed by atoms with E-state index in [1.807, 2.05) is 0 Å². The Labute approximate surface area is 188 Å². The molecule has 0 saturated carbocycles. The number of hydrogen-bond acceptors (Lipinski definition) is 0. The summed E-state index contributed by atoms with van der Waals surface area (Å²) in [5.74, 6) is 0.497. The van der Waals surface area contributed by atoms with Crippen molar-refractivity contribution in [2.75, 3.05) is 0 Å². The minimum atomic E-state index is 0. The summed E-state index contributed by atoms with van der Waals surface area (Å²) in [5, 5.41) is 0. The Morgan fingerprint density at radius 2 is 1.41 bits per heavy atom. The van der Waals surface area contributed by atoms with E-state index in [4.69, 9.17) is 0 Å². The van der Waals surface area contributed by atoms with Crippen molar-refractivity contribution in [3.05, 3.63) is 106 Å². The maximum absolute atomic E-state index is 2.48. The topological polar surface area (TPSA) is 0 Å². The van der Waals surface area contributed by atoms with Crippen LogP contribution in [-0.2, 0) is 37.2 Å². The molecule has 0 aliphatic heterocycles. The molecule has 0 N–H and O–H groups in total. The first-order chi connectivity index (χ1) is 12.2. The monoisotopic (exact) mass is 557 g/mol. The van der Waals surface area contributed by atoms with Crippen molar-refractivity contribution in [1.82, 2.24) is 0 Å². The van der Waals surface area contributed by atoms with Gasteiger partial charge >= 0.3 is 165 Å². The van der Waals surface area contributed by atoms with Crippen molar-refractivity contribution in [3.8, 4) is 0 Å². The Kier molecular flexibility index (Phi) is 6.15. The molecule has 0 amide bonds. The van der Waals surface area contributed by atoms with Crippen molar-refractivity contribution in [1.29, 1.82) is 0 Å². The van der Waals surface area contributed by atoms with Crippen LogP contribution in [0.1, 0.15) is 22.3 Å². The molecule has 133 valence electrons. The van der Waals surface area contributed by atoms with Gasteiger partial charge in [0.05, 0.1) is 0 Å². The van der Waals surface area contributed by atoms with Gasteiger partial charge in [0.25, 0.3) is 0 Å². The summed E-state index contributed by atoms with van der Waals surface area (Å²) in [5.41, 5.74) is 8.97. The fraction of sp³-hybridized carbons (Fsp3) is 0.167. The SMILES string of the molecule is [Cl-].[Cl-].[Hf+2][C]1(C2=Cc3ccccc3C2)C=CC=CC1C1=Cc2ccccc2C1. The first-order valence-electron chi connectivity index (χ1n) is 8.92. The first kappa shape index (κ1) is 20.6. The summed E-state index contributed by atoms with van der Waals surface area (Å²) in [6.07, 6.45) is 16.5. The van der Waals surface area contributed by atoms with Crippen LogP contribution in [0.25, 0.3) is 12.2 Å².